The third-order valence-corrected chi connectivity index (χ3v) is 6.46. The zero-order chi connectivity index (χ0) is 13.1. The molecule has 0 saturated heterocycles. The van der Waals surface area contributed by atoms with E-state index in [1.54, 1.807) is 0 Å². The molecule has 0 atom stereocenters. The van der Waals surface area contributed by atoms with Crippen molar-refractivity contribution in [1.29, 1.82) is 0 Å². The van der Waals surface area contributed by atoms with Crippen LogP contribution in [0.5, 0.6) is 0 Å². The minimum absolute atomic E-state index is 0.0646. The molecule has 1 saturated carbocycles. The van der Waals surface area contributed by atoms with Crippen molar-refractivity contribution >= 4 is 49.1 Å². The summed E-state index contributed by atoms with van der Waals surface area (Å²) in [7, 11) is 0. The molecule has 1 amide bonds. The highest BCUT2D eigenvalue weighted by atomic mass is 79.9. The summed E-state index contributed by atoms with van der Waals surface area (Å²) in [5.41, 5.74) is 1.13. The average Bonchev–Trinajstić information content (AvgIpc) is 2.69. The fourth-order valence-corrected chi connectivity index (χ4v) is 4.20. The summed E-state index contributed by atoms with van der Waals surface area (Å²) in [6, 6.07) is 1.94. The van der Waals surface area contributed by atoms with Crippen LogP contribution < -0.4 is 5.32 Å². The molecule has 1 heterocycles. The van der Waals surface area contributed by atoms with E-state index in [1.807, 2.05) is 13.0 Å². The Bertz CT molecular complexity index is 405. The van der Waals surface area contributed by atoms with Gasteiger partial charge in [0.05, 0.1) is 8.66 Å². The molecule has 0 aromatic carbocycles. The first-order chi connectivity index (χ1) is 8.56. The van der Waals surface area contributed by atoms with Gasteiger partial charge < -0.3 is 5.32 Å². The van der Waals surface area contributed by atoms with Gasteiger partial charge in [-0.2, -0.15) is 0 Å². The molecule has 2 nitrogen and oxygen atoms in total. The molecule has 0 aliphatic heterocycles. The first kappa shape index (κ1) is 14.5. The number of amides is 1. The van der Waals surface area contributed by atoms with Gasteiger partial charge in [-0.1, -0.05) is 15.9 Å². The SMILES string of the molecule is Cc1cc(C(=O)NCC2CCC(Br)CC2)sc1Br. The summed E-state index contributed by atoms with van der Waals surface area (Å²) >= 11 is 8.61. The Kier molecular flexibility index (Phi) is 5.27. The number of hydrogen-bond donors (Lipinski definition) is 1. The zero-order valence-electron chi connectivity index (χ0n) is 10.3. The Morgan fingerprint density at radius 3 is 2.67 bits per heavy atom. The van der Waals surface area contributed by atoms with Gasteiger partial charge in [-0.3, -0.25) is 4.79 Å². The molecule has 1 aliphatic rings. The monoisotopic (exact) mass is 393 g/mol. The number of carbonyl (C=O) groups is 1. The first-order valence-electron chi connectivity index (χ1n) is 6.24. The van der Waals surface area contributed by atoms with E-state index in [9.17, 15) is 4.79 Å². The molecule has 0 radical (unpaired) electrons. The van der Waals surface area contributed by atoms with Crippen molar-refractivity contribution in [2.45, 2.75) is 37.4 Å². The van der Waals surface area contributed by atoms with Crippen LogP contribution in [0.15, 0.2) is 9.85 Å². The molecule has 18 heavy (non-hydrogen) atoms. The van der Waals surface area contributed by atoms with Crippen molar-refractivity contribution in [3.05, 3.63) is 20.3 Å². The van der Waals surface area contributed by atoms with Gasteiger partial charge >= 0.3 is 0 Å². The van der Waals surface area contributed by atoms with Gasteiger partial charge in [0.2, 0.25) is 0 Å². The summed E-state index contributed by atoms with van der Waals surface area (Å²) in [5, 5.41) is 3.06. The second kappa shape index (κ2) is 6.53. The topological polar surface area (TPSA) is 29.1 Å². The molecule has 1 N–H and O–H groups in total. The van der Waals surface area contributed by atoms with Crippen LogP contribution in [0, 0.1) is 12.8 Å². The van der Waals surface area contributed by atoms with Crippen LogP contribution in [-0.2, 0) is 0 Å². The quantitative estimate of drug-likeness (QED) is 0.751. The number of nitrogens with one attached hydrogen (secondary N) is 1. The lowest BCUT2D eigenvalue weighted by molar-refractivity contribution is 0.0948. The maximum atomic E-state index is 12.0. The molecular weight excluding hydrogens is 378 g/mol. The van der Waals surface area contributed by atoms with E-state index in [0.717, 1.165) is 20.8 Å². The average molecular weight is 395 g/mol. The Balaban J connectivity index is 1.81. The predicted molar refractivity (Wildman–Crippen MR) is 83.8 cm³/mol. The van der Waals surface area contributed by atoms with Crippen LogP contribution >= 0.6 is 43.2 Å². The second-order valence-electron chi connectivity index (χ2n) is 4.90. The fourth-order valence-electron chi connectivity index (χ4n) is 2.22. The number of aryl methyl sites for hydroxylation is 1. The van der Waals surface area contributed by atoms with E-state index in [-0.39, 0.29) is 5.91 Å². The van der Waals surface area contributed by atoms with Crippen molar-refractivity contribution in [2.75, 3.05) is 6.54 Å². The van der Waals surface area contributed by atoms with Crippen molar-refractivity contribution in [1.82, 2.24) is 5.32 Å². The third-order valence-electron chi connectivity index (χ3n) is 3.41. The number of hydrogen-bond acceptors (Lipinski definition) is 2. The maximum absolute atomic E-state index is 12.0. The lowest BCUT2D eigenvalue weighted by Gasteiger charge is -2.25. The Labute approximate surface area is 129 Å². The van der Waals surface area contributed by atoms with E-state index >= 15 is 0 Å². The van der Waals surface area contributed by atoms with Gasteiger partial charge in [-0.05, 0) is 66.1 Å². The van der Waals surface area contributed by atoms with E-state index in [4.69, 9.17) is 0 Å². The van der Waals surface area contributed by atoms with Crippen LogP contribution in [0.4, 0.5) is 0 Å². The number of carbonyl (C=O) groups excluding carboxylic acids is 1. The maximum Gasteiger partial charge on any atom is 0.261 e. The summed E-state index contributed by atoms with van der Waals surface area (Å²) in [5.74, 6) is 0.710. The van der Waals surface area contributed by atoms with Gasteiger partial charge in [0.15, 0.2) is 0 Å². The molecule has 1 aromatic rings. The molecule has 1 aromatic heterocycles. The summed E-state index contributed by atoms with van der Waals surface area (Å²) in [6.07, 6.45) is 4.88. The van der Waals surface area contributed by atoms with E-state index in [1.165, 1.54) is 37.0 Å². The molecule has 0 bridgehead atoms. The number of rotatable bonds is 3. The number of alkyl halides is 1. The predicted octanol–water partition coefficient (Wildman–Crippen LogP) is 4.50. The Morgan fingerprint density at radius 1 is 1.44 bits per heavy atom. The Hall–Kier alpha value is 0.130. The minimum Gasteiger partial charge on any atom is -0.351 e. The smallest absolute Gasteiger partial charge is 0.261 e. The minimum atomic E-state index is 0.0646. The van der Waals surface area contributed by atoms with Gasteiger partial charge in [0.1, 0.15) is 0 Å². The van der Waals surface area contributed by atoms with Crippen molar-refractivity contribution < 1.29 is 4.79 Å². The van der Waals surface area contributed by atoms with E-state index in [0.29, 0.717) is 10.7 Å². The van der Waals surface area contributed by atoms with Crippen LogP contribution in [0.25, 0.3) is 0 Å². The molecule has 0 spiro atoms. The van der Waals surface area contributed by atoms with Gasteiger partial charge in [0.25, 0.3) is 5.91 Å². The molecule has 1 aliphatic carbocycles. The summed E-state index contributed by atoms with van der Waals surface area (Å²) in [4.78, 5) is 13.5. The molecule has 100 valence electrons. The lowest BCUT2D eigenvalue weighted by atomic mass is 9.89. The van der Waals surface area contributed by atoms with Gasteiger partial charge in [-0.15, -0.1) is 11.3 Å². The van der Waals surface area contributed by atoms with Crippen molar-refractivity contribution in [2.24, 2.45) is 5.92 Å². The third kappa shape index (κ3) is 3.81. The van der Waals surface area contributed by atoms with Gasteiger partial charge in [-0.25, -0.2) is 0 Å². The number of thiophene rings is 1. The Morgan fingerprint density at radius 2 is 2.11 bits per heavy atom. The molecular formula is C13H17Br2NOS. The summed E-state index contributed by atoms with van der Waals surface area (Å²) in [6.45, 7) is 2.82. The zero-order valence-corrected chi connectivity index (χ0v) is 14.3. The molecule has 0 unspecified atom stereocenters. The van der Waals surface area contributed by atoms with Crippen LogP contribution in [0.2, 0.25) is 0 Å². The highest BCUT2D eigenvalue weighted by Crippen LogP contribution is 2.29. The summed E-state index contributed by atoms with van der Waals surface area (Å²) < 4.78 is 1.05. The van der Waals surface area contributed by atoms with E-state index < -0.39 is 0 Å². The van der Waals surface area contributed by atoms with Crippen LogP contribution in [0.3, 0.4) is 0 Å². The van der Waals surface area contributed by atoms with Crippen LogP contribution in [0.1, 0.15) is 40.9 Å². The van der Waals surface area contributed by atoms with E-state index in [2.05, 4.69) is 37.2 Å². The van der Waals surface area contributed by atoms with Gasteiger partial charge in [0, 0.05) is 11.4 Å². The number of halogens is 2. The molecule has 1 fully saturated rings. The lowest BCUT2D eigenvalue weighted by Crippen LogP contribution is -2.30. The molecule has 2 rings (SSSR count). The normalized spacial score (nSPS) is 23.9. The molecule has 5 heteroatoms. The largest absolute Gasteiger partial charge is 0.351 e. The first-order valence-corrected chi connectivity index (χ1v) is 8.77. The fraction of sp³-hybridized carbons (Fsp3) is 0.615. The highest BCUT2D eigenvalue weighted by molar-refractivity contribution is 9.11. The van der Waals surface area contributed by atoms with Crippen LogP contribution in [-0.4, -0.2) is 17.3 Å². The second-order valence-corrected chi connectivity index (χ2v) is 8.56. The van der Waals surface area contributed by atoms with Crippen molar-refractivity contribution in [3.8, 4) is 0 Å². The standard InChI is InChI=1S/C13H17Br2NOS/c1-8-6-11(18-12(8)15)13(17)16-7-9-2-4-10(14)5-3-9/h6,9-10H,2-5,7H2,1H3,(H,16,17). The highest BCUT2D eigenvalue weighted by Gasteiger charge is 2.20. The van der Waals surface area contributed by atoms with Crippen molar-refractivity contribution in [3.63, 3.8) is 0 Å².